The summed E-state index contributed by atoms with van der Waals surface area (Å²) in [6, 6.07) is 0.709. The molecule has 2 fully saturated rings. The Hall–Kier alpha value is -1.43. The average Bonchev–Trinajstić information content (AvgIpc) is 2.57. The summed E-state index contributed by atoms with van der Waals surface area (Å²) in [7, 11) is 0. The molecule has 0 atom stereocenters. The van der Waals surface area contributed by atoms with Gasteiger partial charge in [-0.2, -0.15) is 0 Å². The van der Waals surface area contributed by atoms with Crippen LogP contribution in [0.5, 0.6) is 0 Å². The molecule has 86 valence electrons. The van der Waals surface area contributed by atoms with Crippen LogP contribution in [0, 0.1) is 0 Å². The van der Waals surface area contributed by atoms with Crippen LogP contribution < -0.4 is 10.6 Å². The highest BCUT2D eigenvalue weighted by Gasteiger charge is 2.24. The van der Waals surface area contributed by atoms with E-state index < -0.39 is 0 Å². The molecule has 0 unspecified atom stereocenters. The molecule has 0 radical (unpaired) electrons. The molecule has 0 bridgehead atoms. The number of carbonyl (C=O) groups excluding carboxylic acids is 1. The second-order valence-electron chi connectivity index (χ2n) is 4.50. The van der Waals surface area contributed by atoms with Gasteiger partial charge < -0.3 is 10.6 Å². The van der Waals surface area contributed by atoms with E-state index in [0.29, 0.717) is 17.8 Å². The fourth-order valence-corrected chi connectivity index (χ4v) is 1.83. The van der Waals surface area contributed by atoms with E-state index in [-0.39, 0.29) is 5.91 Å². The van der Waals surface area contributed by atoms with Crippen molar-refractivity contribution in [1.82, 2.24) is 25.6 Å². The van der Waals surface area contributed by atoms with Gasteiger partial charge in [0.2, 0.25) is 0 Å². The van der Waals surface area contributed by atoms with Gasteiger partial charge in [-0.25, -0.2) is 4.68 Å². The highest BCUT2D eigenvalue weighted by Crippen LogP contribution is 2.18. The van der Waals surface area contributed by atoms with Gasteiger partial charge in [0.05, 0.1) is 12.2 Å². The Labute approximate surface area is 93.4 Å². The predicted molar refractivity (Wildman–Crippen MR) is 57.0 cm³/mol. The lowest BCUT2D eigenvalue weighted by Crippen LogP contribution is -2.43. The van der Waals surface area contributed by atoms with Gasteiger partial charge in [-0.05, 0) is 19.3 Å². The van der Waals surface area contributed by atoms with Gasteiger partial charge in [-0.15, -0.1) is 5.10 Å². The van der Waals surface area contributed by atoms with E-state index in [1.54, 1.807) is 10.9 Å². The standard InChI is InChI=1S/C10H15N5O/c16-10(12-7-2-1-3-7)9-6-15(14-13-9)8-4-11-5-8/h6-8,11H,1-5H2,(H,12,16). The lowest BCUT2D eigenvalue weighted by Gasteiger charge is -2.26. The highest BCUT2D eigenvalue weighted by atomic mass is 16.2. The Balaban J connectivity index is 1.63. The van der Waals surface area contributed by atoms with Crippen LogP contribution in [0.1, 0.15) is 35.8 Å². The summed E-state index contributed by atoms with van der Waals surface area (Å²) in [5.74, 6) is -0.0942. The maximum atomic E-state index is 11.7. The molecular formula is C10H15N5O. The van der Waals surface area contributed by atoms with Crippen LogP contribution in [-0.2, 0) is 0 Å². The van der Waals surface area contributed by atoms with Crippen LogP contribution in [0.4, 0.5) is 0 Å². The molecule has 3 rings (SSSR count). The van der Waals surface area contributed by atoms with Crippen molar-refractivity contribution < 1.29 is 4.79 Å². The first-order valence-electron chi connectivity index (χ1n) is 5.76. The van der Waals surface area contributed by atoms with E-state index in [1.165, 1.54) is 6.42 Å². The van der Waals surface area contributed by atoms with E-state index in [0.717, 1.165) is 25.9 Å². The van der Waals surface area contributed by atoms with Crippen molar-refractivity contribution in [2.24, 2.45) is 0 Å². The third-order valence-electron chi connectivity index (χ3n) is 3.32. The Bertz CT molecular complexity index is 394. The first kappa shape index (κ1) is 9.77. The van der Waals surface area contributed by atoms with Gasteiger partial charge >= 0.3 is 0 Å². The molecule has 1 aliphatic heterocycles. The van der Waals surface area contributed by atoms with Crippen LogP contribution in [0.3, 0.4) is 0 Å². The molecular weight excluding hydrogens is 206 g/mol. The zero-order valence-corrected chi connectivity index (χ0v) is 9.02. The third kappa shape index (κ3) is 1.69. The van der Waals surface area contributed by atoms with Crippen molar-refractivity contribution >= 4 is 5.91 Å². The molecule has 6 heteroatoms. The molecule has 1 aliphatic carbocycles. The molecule has 1 aromatic rings. The highest BCUT2D eigenvalue weighted by molar-refractivity contribution is 5.92. The predicted octanol–water partition coefficient (Wildman–Crippen LogP) is -0.295. The molecule has 16 heavy (non-hydrogen) atoms. The van der Waals surface area contributed by atoms with Gasteiger partial charge in [0, 0.05) is 19.1 Å². The summed E-state index contributed by atoms with van der Waals surface area (Å²) in [6.07, 6.45) is 5.13. The van der Waals surface area contributed by atoms with Gasteiger partial charge in [-0.3, -0.25) is 4.79 Å². The van der Waals surface area contributed by atoms with Crippen LogP contribution in [0.25, 0.3) is 0 Å². The molecule has 1 saturated carbocycles. The summed E-state index contributed by atoms with van der Waals surface area (Å²) in [5, 5.41) is 14.0. The number of nitrogens with zero attached hydrogens (tertiary/aromatic N) is 3. The summed E-state index contributed by atoms with van der Waals surface area (Å²) >= 11 is 0. The molecule has 1 aromatic heterocycles. The number of hydrogen-bond donors (Lipinski definition) is 2. The summed E-state index contributed by atoms with van der Waals surface area (Å²) in [5.41, 5.74) is 0.429. The normalized spacial score (nSPS) is 21.2. The SMILES string of the molecule is O=C(NC1CCC1)c1cn(C2CNC2)nn1. The number of amides is 1. The van der Waals surface area contributed by atoms with Crippen molar-refractivity contribution in [3.05, 3.63) is 11.9 Å². The Morgan fingerprint density at radius 3 is 2.88 bits per heavy atom. The maximum absolute atomic E-state index is 11.7. The number of nitrogens with one attached hydrogen (secondary N) is 2. The molecule has 1 amide bonds. The van der Waals surface area contributed by atoms with E-state index in [9.17, 15) is 4.79 Å². The second kappa shape index (κ2) is 3.86. The zero-order chi connectivity index (χ0) is 11.0. The van der Waals surface area contributed by atoms with Gasteiger partial charge in [-0.1, -0.05) is 5.21 Å². The molecule has 0 aromatic carbocycles. The largest absolute Gasteiger partial charge is 0.348 e. The Morgan fingerprint density at radius 2 is 2.31 bits per heavy atom. The van der Waals surface area contributed by atoms with Crippen LogP contribution in [0.15, 0.2) is 6.20 Å². The molecule has 1 saturated heterocycles. The van der Waals surface area contributed by atoms with Gasteiger partial charge in [0.25, 0.3) is 5.91 Å². The minimum absolute atomic E-state index is 0.0942. The maximum Gasteiger partial charge on any atom is 0.273 e. The van der Waals surface area contributed by atoms with Crippen molar-refractivity contribution in [1.29, 1.82) is 0 Å². The lowest BCUT2D eigenvalue weighted by atomic mass is 9.93. The van der Waals surface area contributed by atoms with Crippen LogP contribution in [0.2, 0.25) is 0 Å². The Morgan fingerprint density at radius 1 is 1.50 bits per heavy atom. The van der Waals surface area contributed by atoms with Gasteiger partial charge in [0.1, 0.15) is 0 Å². The summed E-state index contributed by atoms with van der Waals surface area (Å²) in [4.78, 5) is 11.7. The molecule has 0 spiro atoms. The third-order valence-corrected chi connectivity index (χ3v) is 3.32. The monoisotopic (exact) mass is 221 g/mol. The smallest absolute Gasteiger partial charge is 0.273 e. The second-order valence-corrected chi connectivity index (χ2v) is 4.50. The van der Waals surface area contributed by atoms with Crippen molar-refractivity contribution in [3.63, 3.8) is 0 Å². The van der Waals surface area contributed by atoms with Crippen molar-refractivity contribution in [2.75, 3.05) is 13.1 Å². The van der Waals surface area contributed by atoms with Crippen LogP contribution >= 0.6 is 0 Å². The number of hydrogen-bond acceptors (Lipinski definition) is 4. The van der Waals surface area contributed by atoms with E-state index >= 15 is 0 Å². The lowest BCUT2D eigenvalue weighted by molar-refractivity contribution is 0.0911. The molecule has 2 N–H and O–H groups in total. The van der Waals surface area contributed by atoms with Crippen molar-refractivity contribution in [3.8, 4) is 0 Å². The van der Waals surface area contributed by atoms with Crippen LogP contribution in [-0.4, -0.2) is 40.0 Å². The van der Waals surface area contributed by atoms with E-state index in [2.05, 4.69) is 20.9 Å². The minimum Gasteiger partial charge on any atom is -0.348 e. The van der Waals surface area contributed by atoms with E-state index in [4.69, 9.17) is 0 Å². The zero-order valence-electron chi connectivity index (χ0n) is 9.02. The number of carbonyl (C=O) groups is 1. The molecule has 2 aliphatic rings. The van der Waals surface area contributed by atoms with Crippen molar-refractivity contribution in [2.45, 2.75) is 31.3 Å². The first-order valence-corrected chi connectivity index (χ1v) is 5.76. The number of rotatable bonds is 3. The molecule has 6 nitrogen and oxygen atoms in total. The van der Waals surface area contributed by atoms with E-state index in [1.807, 2.05) is 0 Å². The topological polar surface area (TPSA) is 71.8 Å². The first-order chi connectivity index (χ1) is 7.83. The summed E-state index contributed by atoms with van der Waals surface area (Å²) < 4.78 is 1.77. The Kier molecular flexibility index (Phi) is 2.36. The fourth-order valence-electron chi connectivity index (χ4n) is 1.83. The number of aromatic nitrogens is 3. The minimum atomic E-state index is -0.0942. The quantitative estimate of drug-likeness (QED) is 0.735. The fraction of sp³-hybridized carbons (Fsp3) is 0.700. The molecule has 2 heterocycles. The summed E-state index contributed by atoms with van der Waals surface area (Å²) in [6.45, 7) is 1.82. The average molecular weight is 221 g/mol. The van der Waals surface area contributed by atoms with Gasteiger partial charge in [0.15, 0.2) is 5.69 Å².